The minimum absolute atomic E-state index is 0.00880. The minimum atomic E-state index is -4.30. The third-order valence-electron chi connectivity index (χ3n) is 1.49. The second-order valence-corrected chi connectivity index (χ2v) is 7.41. The zero-order valence-corrected chi connectivity index (χ0v) is 13.4. The summed E-state index contributed by atoms with van der Waals surface area (Å²) in [7, 11) is -4.30. The average molecular weight is 295 g/mol. The lowest BCUT2D eigenvalue weighted by Gasteiger charge is -2.30. The average Bonchev–Trinajstić information content (AvgIpc) is 2.10. The summed E-state index contributed by atoms with van der Waals surface area (Å²) < 4.78 is 20.7. The molecule has 0 bridgehead atoms. The lowest BCUT2D eigenvalue weighted by Crippen LogP contribution is -2.23. The van der Waals surface area contributed by atoms with Crippen LogP contribution >= 0.6 is 7.82 Å². The van der Waals surface area contributed by atoms with E-state index in [2.05, 4.69) is 4.52 Å². The van der Waals surface area contributed by atoms with Gasteiger partial charge in [0.05, 0.1) is 12.2 Å². The van der Waals surface area contributed by atoms with Crippen molar-refractivity contribution in [2.24, 2.45) is 5.41 Å². The van der Waals surface area contributed by atoms with Crippen LogP contribution in [-0.4, -0.2) is 18.8 Å². The molecule has 0 saturated carbocycles. The van der Waals surface area contributed by atoms with Gasteiger partial charge in [0.2, 0.25) is 0 Å². The highest BCUT2D eigenvalue weighted by Crippen LogP contribution is 2.42. The van der Waals surface area contributed by atoms with Crippen LogP contribution in [0.4, 0.5) is 0 Å². The van der Waals surface area contributed by atoms with Gasteiger partial charge in [0.25, 0.3) is 7.82 Å². The van der Waals surface area contributed by atoms with Gasteiger partial charge in [-0.25, -0.2) is 0 Å². The summed E-state index contributed by atoms with van der Waals surface area (Å²) >= 11 is 0. The molecule has 0 heterocycles. The summed E-state index contributed by atoms with van der Waals surface area (Å²) in [5.41, 5.74) is -0.824. The maximum absolute atomic E-state index is 11.3. The Bertz CT molecular complexity index is 326. The normalized spacial score (nSPS) is 16.6. The van der Waals surface area contributed by atoms with Crippen molar-refractivity contribution in [1.82, 2.24) is 0 Å². The van der Waals surface area contributed by atoms with Crippen LogP contribution in [0.2, 0.25) is 0 Å². The van der Waals surface area contributed by atoms with Crippen LogP contribution in [0.25, 0.3) is 0 Å². The van der Waals surface area contributed by atoms with Gasteiger partial charge in [0.1, 0.15) is 12.9 Å². The Morgan fingerprint density at radius 3 is 2.16 bits per heavy atom. The van der Waals surface area contributed by atoms with Crippen molar-refractivity contribution < 1.29 is 28.3 Å². The molecule has 0 aromatic rings. The van der Waals surface area contributed by atoms with Gasteiger partial charge in [0.15, 0.2) is 0 Å². The number of phosphoric acid groups is 1. The second kappa shape index (κ2) is 7.41. The standard InChI is InChI=1S/C12H25O6P/c1-11(2,3)7-8-15-16-9-10-17-19(13,14)18-12(4,5)6/h7-8H,9-10H2,1-6H3,(H,13,14)/p-1/b8-7-. The van der Waals surface area contributed by atoms with E-state index in [1.807, 2.05) is 26.8 Å². The van der Waals surface area contributed by atoms with Gasteiger partial charge < -0.3 is 18.8 Å². The molecular weight excluding hydrogens is 271 g/mol. The van der Waals surface area contributed by atoms with Crippen molar-refractivity contribution in [1.29, 1.82) is 0 Å². The number of hydrogen-bond acceptors (Lipinski definition) is 6. The van der Waals surface area contributed by atoms with E-state index in [-0.39, 0.29) is 18.6 Å². The molecule has 1 unspecified atom stereocenters. The molecule has 0 amide bonds. The fourth-order valence-corrected chi connectivity index (χ4v) is 1.89. The van der Waals surface area contributed by atoms with E-state index in [4.69, 9.17) is 14.3 Å². The first-order valence-electron chi connectivity index (χ1n) is 6.04. The van der Waals surface area contributed by atoms with E-state index in [1.54, 1.807) is 20.8 Å². The zero-order valence-electron chi connectivity index (χ0n) is 12.5. The lowest BCUT2D eigenvalue weighted by molar-refractivity contribution is -0.262. The maximum Gasteiger partial charge on any atom is 0.268 e. The maximum atomic E-state index is 11.3. The minimum Gasteiger partial charge on any atom is -0.756 e. The monoisotopic (exact) mass is 295 g/mol. The number of phosphoric ester groups is 1. The van der Waals surface area contributed by atoms with Crippen LogP contribution in [-0.2, 0) is 23.4 Å². The fourth-order valence-electron chi connectivity index (χ4n) is 0.864. The molecule has 0 aliphatic heterocycles. The van der Waals surface area contributed by atoms with Gasteiger partial charge >= 0.3 is 0 Å². The van der Waals surface area contributed by atoms with Gasteiger partial charge in [-0.05, 0) is 32.3 Å². The summed E-state index contributed by atoms with van der Waals surface area (Å²) in [4.78, 5) is 20.8. The predicted octanol–water partition coefficient (Wildman–Crippen LogP) is 2.79. The molecule has 0 saturated heterocycles. The van der Waals surface area contributed by atoms with Crippen molar-refractivity contribution in [3.63, 3.8) is 0 Å². The van der Waals surface area contributed by atoms with Crippen molar-refractivity contribution in [2.75, 3.05) is 13.2 Å². The summed E-state index contributed by atoms with van der Waals surface area (Å²) in [5.74, 6) is 0. The van der Waals surface area contributed by atoms with E-state index in [9.17, 15) is 9.46 Å². The number of hydrogen-bond donors (Lipinski definition) is 0. The molecule has 0 radical (unpaired) electrons. The Kier molecular flexibility index (Phi) is 7.26. The zero-order chi connectivity index (χ0) is 15.2. The van der Waals surface area contributed by atoms with E-state index in [0.717, 1.165) is 0 Å². The van der Waals surface area contributed by atoms with Gasteiger partial charge in [0, 0.05) is 0 Å². The second-order valence-electron chi connectivity index (χ2n) is 6.07. The number of rotatable bonds is 7. The molecule has 1 atom stereocenters. The third kappa shape index (κ3) is 13.8. The molecule has 0 aliphatic carbocycles. The first kappa shape index (κ1) is 18.6. The van der Waals surface area contributed by atoms with E-state index in [0.29, 0.717) is 0 Å². The van der Waals surface area contributed by atoms with Crippen LogP contribution in [0.15, 0.2) is 12.3 Å². The van der Waals surface area contributed by atoms with Crippen LogP contribution < -0.4 is 4.89 Å². The summed E-state index contributed by atoms with van der Waals surface area (Å²) in [6.45, 7) is 10.7. The molecule has 7 heteroatoms. The van der Waals surface area contributed by atoms with E-state index >= 15 is 0 Å². The summed E-state index contributed by atoms with van der Waals surface area (Å²) in [6.07, 6.45) is 3.22. The SMILES string of the molecule is CC(C)(C)/C=C\OOCCOP(=O)([O-])OC(C)(C)C. The third-order valence-corrected chi connectivity index (χ3v) is 2.76. The molecule has 0 N–H and O–H groups in total. The van der Waals surface area contributed by atoms with Crippen molar-refractivity contribution in [3.05, 3.63) is 12.3 Å². The topological polar surface area (TPSA) is 77.1 Å². The van der Waals surface area contributed by atoms with Crippen LogP contribution in [0.5, 0.6) is 0 Å². The predicted molar refractivity (Wildman–Crippen MR) is 70.0 cm³/mol. The highest BCUT2D eigenvalue weighted by molar-refractivity contribution is 7.45. The first-order valence-corrected chi connectivity index (χ1v) is 7.50. The van der Waals surface area contributed by atoms with Crippen LogP contribution in [0.1, 0.15) is 41.5 Å². The lowest BCUT2D eigenvalue weighted by atomic mass is 9.97. The molecule has 0 rings (SSSR count). The Labute approximate surface area is 115 Å². The van der Waals surface area contributed by atoms with Crippen molar-refractivity contribution in [2.45, 2.75) is 47.1 Å². The summed E-state index contributed by atoms with van der Waals surface area (Å²) in [6, 6.07) is 0. The van der Waals surface area contributed by atoms with Crippen molar-refractivity contribution >= 4 is 7.82 Å². The summed E-state index contributed by atoms with van der Waals surface area (Å²) in [5, 5.41) is 0. The highest BCUT2D eigenvalue weighted by Gasteiger charge is 2.20. The van der Waals surface area contributed by atoms with Crippen LogP contribution in [0.3, 0.4) is 0 Å². The van der Waals surface area contributed by atoms with Crippen LogP contribution in [0, 0.1) is 5.41 Å². The fraction of sp³-hybridized carbons (Fsp3) is 0.833. The van der Waals surface area contributed by atoms with Gasteiger partial charge in [-0.1, -0.05) is 20.8 Å². The Morgan fingerprint density at radius 2 is 1.68 bits per heavy atom. The Balaban J connectivity index is 3.76. The first-order chi connectivity index (χ1) is 8.41. The van der Waals surface area contributed by atoms with E-state index < -0.39 is 13.4 Å². The molecule has 114 valence electrons. The Hall–Kier alpha value is -0.390. The number of allylic oxidation sites excluding steroid dienone is 1. The molecule has 0 spiro atoms. The highest BCUT2D eigenvalue weighted by atomic mass is 31.2. The van der Waals surface area contributed by atoms with Crippen molar-refractivity contribution in [3.8, 4) is 0 Å². The molecule has 6 nitrogen and oxygen atoms in total. The quantitative estimate of drug-likeness (QED) is 0.236. The largest absolute Gasteiger partial charge is 0.756 e. The Morgan fingerprint density at radius 1 is 1.11 bits per heavy atom. The smallest absolute Gasteiger partial charge is 0.268 e. The van der Waals surface area contributed by atoms with Gasteiger partial charge in [-0.3, -0.25) is 4.57 Å². The van der Waals surface area contributed by atoms with E-state index in [1.165, 1.54) is 6.26 Å². The molecule has 0 fully saturated rings. The molecule has 0 aromatic carbocycles. The van der Waals surface area contributed by atoms with Gasteiger partial charge in [-0.15, -0.1) is 0 Å². The molecule has 19 heavy (non-hydrogen) atoms. The molecule has 0 aromatic heterocycles. The molecule has 0 aliphatic rings. The molecular formula is C12H24O6P-. The van der Waals surface area contributed by atoms with Gasteiger partial charge in [-0.2, -0.15) is 4.89 Å².